The minimum absolute atomic E-state index is 0.332. The van der Waals surface area contributed by atoms with Gasteiger partial charge in [0.05, 0.1) is 18.7 Å². The van der Waals surface area contributed by atoms with Crippen molar-refractivity contribution in [2.75, 3.05) is 13.0 Å². The number of halogens is 1. The summed E-state index contributed by atoms with van der Waals surface area (Å²) >= 11 is 5.55. The van der Waals surface area contributed by atoms with Gasteiger partial charge in [-0.05, 0) is 36.8 Å². The molecule has 1 aromatic carbocycles. The number of hydrogen-bond donors (Lipinski definition) is 0. The summed E-state index contributed by atoms with van der Waals surface area (Å²) in [7, 11) is 1.59. The van der Waals surface area contributed by atoms with Crippen LogP contribution in [0.3, 0.4) is 0 Å². The Labute approximate surface area is 129 Å². The molecule has 0 spiro atoms. The molecule has 3 nitrogen and oxygen atoms in total. The van der Waals surface area contributed by atoms with Gasteiger partial charge in [0.15, 0.2) is 0 Å². The van der Waals surface area contributed by atoms with Crippen LogP contribution in [0.25, 0.3) is 0 Å². The molecule has 0 aliphatic carbocycles. The van der Waals surface area contributed by atoms with E-state index < -0.39 is 0 Å². The van der Waals surface area contributed by atoms with Crippen molar-refractivity contribution in [1.82, 2.24) is 4.98 Å². The zero-order valence-corrected chi connectivity index (χ0v) is 12.8. The van der Waals surface area contributed by atoms with Crippen LogP contribution in [-0.4, -0.2) is 18.0 Å². The zero-order chi connectivity index (χ0) is 15.1. The van der Waals surface area contributed by atoms with Gasteiger partial charge in [0.2, 0.25) is 5.88 Å². The molecular formula is C17H16ClNO2. The van der Waals surface area contributed by atoms with Gasteiger partial charge in [-0.2, -0.15) is 0 Å². The first-order valence-electron chi connectivity index (χ1n) is 6.51. The fraction of sp³-hybridized carbons (Fsp3) is 0.235. The van der Waals surface area contributed by atoms with Gasteiger partial charge in [0.25, 0.3) is 0 Å². The number of hydrogen-bond acceptors (Lipinski definition) is 3. The number of pyridine rings is 1. The molecule has 0 N–H and O–H groups in total. The summed E-state index contributed by atoms with van der Waals surface area (Å²) in [4.78, 5) is 4.31. The molecule has 0 aliphatic heterocycles. The van der Waals surface area contributed by atoms with E-state index in [1.807, 2.05) is 37.3 Å². The third-order valence-corrected chi connectivity index (χ3v) is 2.97. The van der Waals surface area contributed by atoms with E-state index in [9.17, 15) is 0 Å². The molecule has 108 valence electrons. The van der Waals surface area contributed by atoms with Crippen molar-refractivity contribution in [3.8, 4) is 23.5 Å². The molecule has 1 heterocycles. The lowest BCUT2D eigenvalue weighted by atomic mass is 10.1. The van der Waals surface area contributed by atoms with E-state index in [0.29, 0.717) is 18.4 Å². The van der Waals surface area contributed by atoms with Crippen molar-refractivity contribution < 1.29 is 9.47 Å². The van der Waals surface area contributed by atoms with Gasteiger partial charge in [-0.15, -0.1) is 11.6 Å². The lowest BCUT2D eigenvalue weighted by Gasteiger charge is -2.09. The van der Waals surface area contributed by atoms with Crippen LogP contribution in [0, 0.1) is 18.8 Å². The maximum atomic E-state index is 5.79. The fourth-order valence-corrected chi connectivity index (χ4v) is 1.89. The number of aromatic nitrogens is 1. The fourth-order valence-electron chi connectivity index (χ4n) is 1.83. The van der Waals surface area contributed by atoms with E-state index >= 15 is 0 Å². The van der Waals surface area contributed by atoms with Gasteiger partial charge in [0.1, 0.15) is 12.4 Å². The van der Waals surface area contributed by atoms with Gasteiger partial charge < -0.3 is 9.47 Å². The number of rotatable bonds is 4. The molecular weight excluding hydrogens is 286 g/mol. The highest BCUT2D eigenvalue weighted by Gasteiger charge is 2.03. The van der Waals surface area contributed by atoms with Gasteiger partial charge in [-0.25, -0.2) is 4.98 Å². The lowest BCUT2D eigenvalue weighted by molar-refractivity contribution is 0.296. The molecule has 2 rings (SSSR count). The lowest BCUT2D eigenvalue weighted by Crippen LogP contribution is -2.00. The van der Waals surface area contributed by atoms with Gasteiger partial charge in [-0.3, -0.25) is 0 Å². The van der Waals surface area contributed by atoms with Crippen molar-refractivity contribution >= 4 is 11.6 Å². The second-order valence-corrected chi connectivity index (χ2v) is 4.64. The standard InChI is InChI=1S/C17H16ClNO2/c1-13-11-14(5-4-10-18)8-9-16(13)21-12-15-6-3-7-17(19-15)20-2/h3,6-9,11H,10,12H2,1-2H3. The quantitative estimate of drug-likeness (QED) is 0.639. The largest absolute Gasteiger partial charge is 0.487 e. The predicted octanol–water partition coefficient (Wildman–Crippen LogP) is 3.57. The normalized spacial score (nSPS) is 9.67. The minimum Gasteiger partial charge on any atom is -0.487 e. The Kier molecular flexibility index (Phi) is 5.48. The smallest absolute Gasteiger partial charge is 0.213 e. The molecule has 2 aromatic rings. The second-order valence-electron chi connectivity index (χ2n) is 4.38. The summed E-state index contributed by atoms with van der Waals surface area (Å²) in [5, 5.41) is 0. The molecule has 0 bridgehead atoms. The first-order valence-corrected chi connectivity index (χ1v) is 7.04. The topological polar surface area (TPSA) is 31.4 Å². The van der Waals surface area contributed by atoms with Gasteiger partial charge in [0, 0.05) is 11.6 Å². The Morgan fingerprint density at radius 2 is 2.10 bits per heavy atom. The monoisotopic (exact) mass is 301 g/mol. The third kappa shape index (κ3) is 4.40. The predicted molar refractivity (Wildman–Crippen MR) is 83.9 cm³/mol. The molecule has 0 atom stereocenters. The van der Waals surface area contributed by atoms with Crippen LogP contribution in [0.15, 0.2) is 36.4 Å². The van der Waals surface area contributed by atoms with E-state index in [1.165, 1.54) is 0 Å². The average molecular weight is 302 g/mol. The highest BCUT2D eigenvalue weighted by molar-refractivity contribution is 6.19. The molecule has 4 heteroatoms. The second kappa shape index (κ2) is 7.56. The Bertz CT molecular complexity index is 674. The number of methoxy groups -OCH3 is 1. The van der Waals surface area contributed by atoms with Gasteiger partial charge >= 0.3 is 0 Å². The third-order valence-electron chi connectivity index (χ3n) is 2.84. The zero-order valence-electron chi connectivity index (χ0n) is 12.0. The van der Waals surface area contributed by atoms with E-state index in [-0.39, 0.29) is 0 Å². The molecule has 0 amide bonds. The maximum absolute atomic E-state index is 5.79. The number of benzene rings is 1. The Balaban J connectivity index is 2.06. The molecule has 0 fully saturated rings. The van der Waals surface area contributed by atoms with Crippen LogP contribution < -0.4 is 9.47 Å². The van der Waals surface area contributed by atoms with Crippen LogP contribution >= 0.6 is 11.6 Å². The van der Waals surface area contributed by atoms with Crippen molar-refractivity contribution in [2.24, 2.45) is 0 Å². The summed E-state index contributed by atoms with van der Waals surface area (Å²) in [6, 6.07) is 11.4. The molecule has 0 aliphatic rings. The Morgan fingerprint density at radius 3 is 2.81 bits per heavy atom. The highest BCUT2D eigenvalue weighted by Crippen LogP contribution is 2.20. The molecule has 0 saturated carbocycles. The number of nitrogens with zero attached hydrogens (tertiary/aromatic N) is 1. The summed E-state index contributed by atoms with van der Waals surface area (Å²) in [5.74, 6) is 7.55. The number of alkyl halides is 1. The van der Waals surface area contributed by atoms with Crippen LogP contribution in [0.4, 0.5) is 0 Å². The van der Waals surface area contributed by atoms with Crippen LogP contribution in [0.2, 0.25) is 0 Å². The average Bonchev–Trinajstić information content (AvgIpc) is 2.52. The first kappa shape index (κ1) is 15.2. The van der Waals surface area contributed by atoms with Crippen molar-refractivity contribution in [2.45, 2.75) is 13.5 Å². The summed E-state index contributed by atoms with van der Waals surface area (Å²) in [6.07, 6.45) is 0. The van der Waals surface area contributed by atoms with Crippen LogP contribution in [0.5, 0.6) is 11.6 Å². The van der Waals surface area contributed by atoms with E-state index in [4.69, 9.17) is 21.1 Å². The van der Waals surface area contributed by atoms with E-state index in [0.717, 1.165) is 22.6 Å². The maximum Gasteiger partial charge on any atom is 0.213 e. The SMILES string of the molecule is COc1cccc(COc2ccc(C#CCCl)cc2C)n1. The van der Waals surface area contributed by atoms with E-state index in [2.05, 4.69) is 16.8 Å². The minimum atomic E-state index is 0.332. The van der Waals surface area contributed by atoms with Crippen molar-refractivity contribution in [3.63, 3.8) is 0 Å². The first-order chi connectivity index (χ1) is 10.2. The summed E-state index contributed by atoms with van der Waals surface area (Å²) in [5.41, 5.74) is 2.78. The van der Waals surface area contributed by atoms with Crippen LogP contribution in [-0.2, 0) is 6.61 Å². The Hall–Kier alpha value is -2.18. The summed E-state index contributed by atoms with van der Waals surface area (Å²) in [6.45, 7) is 2.38. The highest BCUT2D eigenvalue weighted by atomic mass is 35.5. The Morgan fingerprint density at radius 1 is 1.24 bits per heavy atom. The molecule has 0 unspecified atom stereocenters. The number of ether oxygens (including phenoxy) is 2. The molecule has 1 aromatic heterocycles. The molecule has 21 heavy (non-hydrogen) atoms. The molecule has 0 radical (unpaired) electrons. The van der Waals surface area contributed by atoms with Crippen LogP contribution in [0.1, 0.15) is 16.8 Å². The summed E-state index contributed by atoms with van der Waals surface area (Å²) < 4.78 is 10.9. The van der Waals surface area contributed by atoms with E-state index in [1.54, 1.807) is 13.2 Å². The van der Waals surface area contributed by atoms with Crippen molar-refractivity contribution in [3.05, 3.63) is 53.2 Å². The molecule has 0 saturated heterocycles. The van der Waals surface area contributed by atoms with Crippen molar-refractivity contribution in [1.29, 1.82) is 0 Å². The van der Waals surface area contributed by atoms with Gasteiger partial charge in [-0.1, -0.05) is 17.9 Å². The number of aryl methyl sites for hydroxylation is 1.